The normalized spacial score (nSPS) is 16.6. The summed E-state index contributed by atoms with van der Waals surface area (Å²) < 4.78 is 33.1. The van der Waals surface area contributed by atoms with Crippen LogP contribution in [0.2, 0.25) is 0 Å². The van der Waals surface area contributed by atoms with Crippen molar-refractivity contribution in [2.75, 3.05) is 29.3 Å². The summed E-state index contributed by atoms with van der Waals surface area (Å²) >= 11 is 0. The highest BCUT2D eigenvalue weighted by atomic mass is 32.2. The predicted molar refractivity (Wildman–Crippen MR) is 117 cm³/mol. The second-order valence-corrected chi connectivity index (χ2v) is 9.09. The molecular formula is C22H26N2O6S. The number of carboxylic acids is 1. The van der Waals surface area contributed by atoms with E-state index in [1.165, 1.54) is 18.2 Å². The number of nitrogens with one attached hydrogen (secondary N) is 1. The molecule has 3 rings (SSSR count). The molecule has 0 aliphatic carbocycles. The molecule has 0 radical (unpaired) electrons. The highest BCUT2D eigenvalue weighted by Crippen LogP contribution is 2.29. The molecular weight excluding hydrogens is 420 g/mol. The summed E-state index contributed by atoms with van der Waals surface area (Å²) in [6.07, 6.45) is 1.49. The third kappa shape index (κ3) is 5.16. The van der Waals surface area contributed by atoms with Crippen molar-refractivity contribution < 1.29 is 27.9 Å². The lowest BCUT2D eigenvalue weighted by atomic mass is 9.97. The number of rotatable bonds is 7. The fraction of sp³-hybridized carbons (Fsp3) is 0.364. The zero-order valence-electron chi connectivity index (χ0n) is 17.5. The molecule has 2 aromatic rings. The topological polar surface area (TPSA) is 113 Å². The van der Waals surface area contributed by atoms with E-state index in [0.717, 1.165) is 12.8 Å². The number of benzene rings is 2. The van der Waals surface area contributed by atoms with Crippen LogP contribution in [0.4, 0.5) is 11.4 Å². The van der Waals surface area contributed by atoms with Crippen molar-refractivity contribution >= 4 is 33.3 Å². The molecule has 1 saturated heterocycles. The molecule has 2 N–H and O–H groups in total. The lowest BCUT2D eigenvalue weighted by Crippen LogP contribution is -2.39. The molecule has 9 heteroatoms. The third-order valence-electron chi connectivity index (χ3n) is 5.27. The van der Waals surface area contributed by atoms with Crippen LogP contribution < -0.4 is 9.62 Å². The minimum Gasteiger partial charge on any atom is -0.478 e. The van der Waals surface area contributed by atoms with E-state index < -0.39 is 16.0 Å². The van der Waals surface area contributed by atoms with Crippen molar-refractivity contribution in [3.63, 3.8) is 0 Å². The van der Waals surface area contributed by atoms with E-state index in [0.29, 0.717) is 30.9 Å². The molecule has 1 aliphatic heterocycles. The number of piperidine rings is 1. The van der Waals surface area contributed by atoms with Gasteiger partial charge in [-0.15, -0.1) is 0 Å². The SMILES string of the molecule is CCOC(=O)[C@@H]1CCCN(c2ccc(NS(=O)(=O)c3ccccc3C)c(C(=O)O)c2)C1. The maximum absolute atomic E-state index is 12.8. The minimum absolute atomic E-state index is 0.0153. The monoisotopic (exact) mass is 446 g/mol. The highest BCUT2D eigenvalue weighted by Gasteiger charge is 2.28. The second-order valence-electron chi connectivity index (χ2n) is 7.44. The molecule has 0 amide bonds. The Kier molecular flexibility index (Phi) is 6.84. The summed E-state index contributed by atoms with van der Waals surface area (Å²) in [5.41, 5.74) is 0.999. The van der Waals surface area contributed by atoms with Gasteiger partial charge in [0.15, 0.2) is 0 Å². The van der Waals surface area contributed by atoms with Crippen molar-refractivity contribution in [2.24, 2.45) is 5.92 Å². The molecule has 1 atom stereocenters. The van der Waals surface area contributed by atoms with E-state index in [4.69, 9.17) is 4.74 Å². The quantitative estimate of drug-likeness (QED) is 0.628. The van der Waals surface area contributed by atoms with Gasteiger partial charge in [-0.05, 0) is 56.5 Å². The summed E-state index contributed by atoms with van der Waals surface area (Å²) in [4.78, 5) is 26.0. The number of anilines is 2. The summed E-state index contributed by atoms with van der Waals surface area (Å²) in [6.45, 7) is 4.84. The van der Waals surface area contributed by atoms with Crippen LogP contribution in [0.25, 0.3) is 0 Å². The second kappa shape index (κ2) is 9.38. The molecule has 31 heavy (non-hydrogen) atoms. The van der Waals surface area contributed by atoms with Gasteiger partial charge in [0.2, 0.25) is 0 Å². The first kappa shape index (κ1) is 22.6. The number of hydrogen-bond acceptors (Lipinski definition) is 6. The molecule has 166 valence electrons. The predicted octanol–water partition coefficient (Wildman–Crippen LogP) is 3.27. The molecule has 1 fully saturated rings. The molecule has 0 unspecified atom stereocenters. The number of esters is 1. The Labute approximate surface area is 181 Å². The number of sulfonamides is 1. The number of aryl methyl sites for hydroxylation is 1. The van der Waals surface area contributed by atoms with Crippen LogP contribution in [0, 0.1) is 12.8 Å². The molecule has 0 bridgehead atoms. The smallest absolute Gasteiger partial charge is 0.337 e. The van der Waals surface area contributed by atoms with Gasteiger partial charge in [0.1, 0.15) is 0 Å². The van der Waals surface area contributed by atoms with Crippen molar-refractivity contribution in [3.05, 3.63) is 53.6 Å². The number of carbonyl (C=O) groups is 2. The molecule has 1 heterocycles. The lowest BCUT2D eigenvalue weighted by Gasteiger charge is -2.33. The minimum atomic E-state index is -3.95. The number of nitrogens with zero attached hydrogens (tertiary/aromatic N) is 1. The summed E-state index contributed by atoms with van der Waals surface area (Å²) in [5, 5.41) is 9.69. The van der Waals surface area contributed by atoms with Crippen LogP contribution in [0.5, 0.6) is 0 Å². The van der Waals surface area contributed by atoms with Gasteiger partial charge in [0.05, 0.1) is 28.7 Å². The van der Waals surface area contributed by atoms with Gasteiger partial charge < -0.3 is 14.7 Å². The Hall–Kier alpha value is -3.07. The maximum atomic E-state index is 12.8. The Morgan fingerprint density at radius 2 is 1.97 bits per heavy atom. The van der Waals surface area contributed by atoms with Crippen molar-refractivity contribution in [1.82, 2.24) is 0 Å². The van der Waals surface area contributed by atoms with E-state index in [2.05, 4.69) is 4.72 Å². The number of hydrogen-bond donors (Lipinski definition) is 2. The van der Waals surface area contributed by atoms with E-state index in [1.807, 2.05) is 4.90 Å². The van der Waals surface area contributed by atoms with Crippen LogP contribution in [-0.2, 0) is 19.6 Å². The van der Waals surface area contributed by atoms with Crippen molar-refractivity contribution in [3.8, 4) is 0 Å². The first-order chi connectivity index (χ1) is 14.7. The van der Waals surface area contributed by atoms with Gasteiger partial charge in [-0.25, -0.2) is 13.2 Å². The van der Waals surface area contributed by atoms with Gasteiger partial charge in [0, 0.05) is 18.8 Å². The van der Waals surface area contributed by atoms with Crippen LogP contribution in [0.15, 0.2) is 47.4 Å². The first-order valence-corrected chi connectivity index (χ1v) is 11.6. The molecule has 1 aliphatic rings. The average molecular weight is 447 g/mol. The largest absolute Gasteiger partial charge is 0.478 e. The zero-order valence-corrected chi connectivity index (χ0v) is 18.3. The van der Waals surface area contributed by atoms with Gasteiger partial charge in [-0.3, -0.25) is 9.52 Å². The molecule has 8 nitrogen and oxygen atoms in total. The van der Waals surface area contributed by atoms with Gasteiger partial charge in [-0.1, -0.05) is 18.2 Å². The van der Waals surface area contributed by atoms with Crippen molar-refractivity contribution in [1.29, 1.82) is 0 Å². The number of ether oxygens (including phenoxy) is 1. The molecule has 0 aromatic heterocycles. The van der Waals surface area contributed by atoms with Gasteiger partial charge in [-0.2, -0.15) is 0 Å². The Balaban J connectivity index is 1.87. The average Bonchev–Trinajstić information content (AvgIpc) is 2.74. The molecule has 0 saturated carbocycles. The van der Waals surface area contributed by atoms with Crippen molar-refractivity contribution in [2.45, 2.75) is 31.6 Å². The summed E-state index contributed by atoms with van der Waals surface area (Å²) in [5.74, 6) is -1.78. The molecule has 2 aromatic carbocycles. The maximum Gasteiger partial charge on any atom is 0.337 e. The van der Waals surface area contributed by atoms with E-state index in [1.54, 1.807) is 38.1 Å². The number of aromatic carboxylic acids is 1. The zero-order chi connectivity index (χ0) is 22.6. The van der Waals surface area contributed by atoms with Gasteiger partial charge in [0.25, 0.3) is 10.0 Å². The van der Waals surface area contributed by atoms with E-state index in [9.17, 15) is 23.1 Å². The summed E-state index contributed by atoms with van der Waals surface area (Å²) in [7, 11) is -3.95. The number of carbonyl (C=O) groups excluding carboxylic acids is 1. The van der Waals surface area contributed by atoms with Gasteiger partial charge >= 0.3 is 11.9 Å². The van der Waals surface area contributed by atoms with Crippen LogP contribution >= 0.6 is 0 Å². The highest BCUT2D eigenvalue weighted by molar-refractivity contribution is 7.92. The van der Waals surface area contributed by atoms with E-state index in [-0.39, 0.29) is 28.0 Å². The Bertz CT molecular complexity index is 1080. The lowest BCUT2D eigenvalue weighted by molar-refractivity contribution is -0.148. The fourth-order valence-corrected chi connectivity index (χ4v) is 5.04. The van der Waals surface area contributed by atoms with Crippen LogP contribution in [-0.4, -0.2) is 45.2 Å². The number of carboxylic acid groups (broad SMARTS) is 1. The Morgan fingerprint density at radius 1 is 1.23 bits per heavy atom. The summed E-state index contributed by atoms with van der Waals surface area (Å²) in [6, 6.07) is 11.0. The third-order valence-corrected chi connectivity index (χ3v) is 6.79. The fourth-order valence-electron chi connectivity index (χ4n) is 3.72. The molecule has 0 spiro atoms. The standard InChI is InChI=1S/C22H26N2O6S/c1-3-30-22(27)16-8-6-12-24(14-16)17-10-11-19(18(13-17)21(25)26)23-31(28,29)20-9-5-4-7-15(20)2/h4-5,7,9-11,13,16,23H,3,6,8,12,14H2,1-2H3,(H,25,26)/t16-/m1/s1. The van der Waals surface area contributed by atoms with Crippen LogP contribution in [0.1, 0.15) is 35.7 Å². The van der Waals surface area contributed by atoms with Crippen LogP contribution in [0.3, 0.4) is 0 Å². The van der Waals surface area contributed by atoms with E-state index >= 15 is 0 Å². The Morgan fingerprint density at radius 3 is 2.65 bits per heavy atom. The first-order valence-electron chi connectivity index (χ1n) is 10.1.